The summed E-state index contributed by atoms with van der Waals surface area (Å²) in [6, 6.07) is 5.65. The Morgan fingerprint density at radius 2 is 1.82 bits per heavy atom. The van der Waals surface area contributed by atoms with Gasteiger partial charge in [-0.15, -0.1) is 0 Å². The normalized spacial score (nSPS) is 24.0. The molecule has 0 amide bonds. The van der Waals surface area contributed by atoms with Crippen molar-refractivity contribution in [2.75, 3.05) is 29.5 Å². The fourth-order valence-electron chi connectivity index (χ4n) is 7.10. The number of anilines is 1. The third-order valence-electron chi connectivity index (χ3n) is 9.21. The number of nitrogens with zero attached hydrogens (tertiary/aromatic N) is 6. The molecule has 0 aromatic carbocycles. The van der Waals surface area contributed by atoms with Gasteiger partial charge in [0.15, 0.2) is 5.65 Å². The van der Waals surface area contributed by atoms with Crippen LogP contribution in [-0.4, -0.2) is 80.6 Å². The second-order valence-electron chi connectivity index (χ2n) is 11.7. The molecule has 0 aliphatic carbocycles. The third kappa shape index (κ3) is 3.67. The number of rotatable bonds is 4. The summed E-state index contributed by atoms with van der Waals surface area (Å²) >= 11 is 0. The monoisotopic (exact) mass is 533 g/mol. The highest BCUT2D eigenvalue weighted by Gasteiger charge is 2.47. The summed E-state index contributed by atoms with van der Waals surface area (Å²) in [5.74, 6) is 2.01. The molecule has 3 aliphatic rings. The molecule has 2 atom stereocenters. The number of aromatic amines is 1. The number of likely N-dealkylation sites (tertiary alicyclic amines) is 1. The van der Waals surface area contributed by atoms with Crippen LogP contribution in [0.5, 0.6) is 0 Å². The van der Waals surface area contributed by atoms with E-state index in [9.17, 15) is 8.42 Å². The lowest BCUT2D eigenvalue weighted by molar-refractivity contribution is 0.157. The summed E-state index contributed by atoms with van der Waals surface area (Å²) in [5.41, 5.74) is 8.80. The van der Waals surface area contributed by atoms with Crippen molar-refractivity contribution in [3.05, 3.63) is 41.3 Å². The molecule has 0 unspecified atom stereocenters. The van der Waals surface area contributed by atoms with Gasteiger partial charge in [-0.25, -0.2) is 22.9 Å². The van der Waals surface area contributed by atoms with Crippen LogP contribution in [0.15, 0.2) is 24.7 Å². The van der Waals surface area contributed by atoms with Gasteiger partial charge in [0.25, 0.3) is 0 Å². The Balaban J connectivity index is 1.21. The molecule has 200 valence electrons. The van der Waals surface area contributed by atoms with Crippen molar-refractivity contribution >= 4 is 32.3 Å². The molecule has 0 spiro atoms. The molecule has 2 bridgehead atoms. The largest absolute Gasteiger partial charge is 0.353 e. The van der Waals surface area contributed by atoms with E-state index < -0.39 is 9.84 Å². The van der Waals surface area contributed by atoms with Gasteiger partial charge in [-0.1, -0.05) is 13.8 Å². The molecule has 3 aliphatic heterocycles. The first-order valence-electron chi connectivity index (χ1n) is 13.8. The van der Waals surface area contributed by atoms with Gasteiger partial charge in [-0.3, -0.25) is 4.90 Å². The van der Waals surface area contributed by atoms with Gasteiger partial charge < -0.3 is 9.88 Å². The highest BCUT2D eigenvalue weighted by Crippen LogP contribution is 2.40. The first kappa shape index (κ1) is 24.1. The maximum absolute atomic E-state index is 11.9. The number of piperazine rings is 1. The highest BCUT2D eigenvalue weighted by molar-refractivity contribution is 7.91. The van der Waals surface area contributed by atoms with Crippen LogP contribution in [0.2, 0.25) is 0 Å². The third-order valence-corrected chi connectivity index (χ3v) is 10.9. The summed E-state index contributed by atoms with van der Waals surface area (Å²) in [4.78, 5) is 18.5. The number of hydrogen-bond donors (Lipinski definition) is 1. The lowest BCUT2D eigenvalue weighted by atomic mass is 9.95. The molecule has 9 nitrogen and oxygen atoms in total. The summed E-state index contributed by atoms with van der Waals surface area (Å²) < 4.78 is 25.7. The Morgan fingerprint density at radius 1 is 1.03 bits per heavy atom. The zero-order valence-corrected chi connectivity index (χ0v) is 23.3. The van der Waals surface area contributed by atoms with Crippen molar-refractivity contribution < 1.29 is 8.42 Å². The second-order valence-corrected chi connectivity index (χ2v) is 14.0. The molecule has 10 heteroatoms. The topological polar surface area (TPSA) is 99.5 Å². The molecule has 4 aromatic rings. The Kier molecular flexibility index (Phi) is 5.39. The summed E-state index contributed by atoms with van der Waals surface area (Å²) in [7, 11) is -2.83. The average Bonchev–Trinajstić information content (AvgIpc) is 3.67. The summed E-state index contributed by atoms with van der Waals surface area (Å²) in [6.07, 6.45) is 6.37. The smallest absolute Gasteiger partial charge is 0.158 e. The van der Waals surface area contributed by atoms with E-state index in [0.29, 0.717) is 35.5 Å². The Labute approximate surface area is 223 Å². The van der Waals surface area contributed by atoms with E-state index in [4.69, 9.17) is 4.98 Å². The SMILES string of the molecule is Cc1c(-c2[nH]c3ccc(N4C[C@H]5C[C@@H]4CN5C4CCS(=O)(=O)CC4)nc3c2C(C)C)cn2ncnc2c1C. The molecule has 0 radical (unpaired) electrons. The Morgan fingerprint density at radius 3 is 2.53 bits per heavy atom. The van der Waals surface area contributed by atoms with Crippen molar-refractivity contribution in [2.24, 2.45) is 0 Å². The number of sulfone groups is 1. The number of pyridine rings is 2. The van der Waals surface area contributed by atoms with Gasteiger partial charge in [0.05, 0.1) is 28.2 Å². The quantitative estimate of drug-likeness (QED) is 0.425. The zero-order valence-electron chi connectivity index (χ0n) is 22.5. The first-order chi connectivity index (χ1) is 18.2. The lowest BCUT2D eigenvalue weighted by Crippen LogP contribution is -2.52. The molecule has 38 heavy (non-hydrogen) atoms. The molecule has 1 N–H and O–H groups in total. The van der Waals surface area contributed by atoms with Crippen molar-refractivity contribution in [2.45, 2.75) is 71.0 Å². The van der Waals surface area contributed by atoms with E-state index in [1.807, 2.05) is 4.52 Å². The first-order valence-corrected chi connectivity index (χ1v) is 15.6. The number of fused-ring (bicyclic) bond motifs is 4. The van der Waals surface area contributed by atoms with Crippen molar-refractivity contribution in [1.82, 2.24) is 29.5 Å². The van der Waals surface area contributed by atoms with Crippen LogP contribution in [0.4, 0.5) is 5.82 Å². The van der Waals surface area contributed by atoms with Crippen LogP contribution in [-0.2, 0) is 9.84 Å². The molecule has 3 saturated heterocycles. The molecule has 4 aromatic heterocycles. The number of aryl methyl sites for hydroxylation is 1. The standard InChI is InChI=1S/C28H35N7O2S/c1-16(2)25-26(22-14-35-28(29-15-30-35)18(4)17(22)3)31-23-5-6-24(32-27(23)25)34-13-20-11-21(34)12-33(20)19-7-9-38(36,37)10-8-19/h5-6,14-16,19-21,31H,7-13H2,1-4H3/t20-,21-/m1/s1. The minimum atomic E-state index is -2.83. The van der Waals surface area contributed by atoms with Crippen LogP contribution in [0.1, 0.15) is 55.7 Å². The van der Waals surface area contributed by atoms with Crippen LogP contribution in [0, 0.1) is 13.8 Å². The minimum Gasteiger partial charge on any atom is -0.353 e. The predicted octanol–water partition coefficient (Wildman–Crippen LogP) is 3.85. The molecular weight excluding hydrogens is 498 g/mol. The maximum atomic E-state index is 11.9. The summed E-state index contributed by atoms with van der Waals surface area (Å²) in [5, 5.41) is 4.41. The fraction of sp³-hybridized carbons (Fsp3) is 0.536. The predicted molar refractivity (Wildman–Crippen MR) is 150 cm³/mol. The van der Waals surface area contributed by atoms with E-state index >= 15 is 0 Å². The van der Waals surface area contributed by atoms with Crippen molar-refractivity contribution in [3.63, 3.8) is 0 Å². The number of H-pyrrole nitrogens is 1. The van der Waals surface area contributed by atoms with Crippen LogP contribution < -0.4 is 4.90 Å². The van der Waals surface area contributed by atoms with E-state index in [1.165, 1.54) is 11.1 Å². The Hall–Kier alpha value is -2.98. The number of hydrogen-bond acceptors (Lipinski definition) is 7. The molecule has 3 fully saturated rings. The summed E-state index contributed by atoms with van der Waals surface area (Å²) in [6.45, 7) is 10.7. The van der Waals surface area contributed by atoms with Crippen molar-refractivity contribution in [3.8, 4) is 11.3 Å². The number of nitrogens with one attached hydrogen (secondary N) is 1. The van der Waals surface area contributed by atoms with E-state index in [2.05, 4.69) is 70.9 Å². The van der Waals surface area contributed by atoms with Gasteiger partial charge >= 0.3 is 0 Å². The highest BCUT2D eigenvalue weighted by atomic mass is 32.2. The lowest BCUT2D eigenvalue weighted by Gasteiger charge is -2.40. The van der Waals surface area contributed by atoms with Crippen LogP contribution >= 0.6 is 0 Å². The van der Waals surface area contributed by atoms with E-state index in [1.54, 1.807) is 6.33 Å². The second kappa shape index (κ2) is 8.51. The molecular formula is C28H35N7O2S. The Bertz CT molecular complexity index is 1660. The molecule has 7 rings (SSSR count). The average molecular weight is 534 g/mol. The van der Waals surface area contributed by atoms with Gasteiger partial charge in [-0.05, 0) is 62.3 Å². The molecule has 0 saturated carbocycles. The van der Waals surface area contributed by atoms with Gasteiger partial charge in [0, 0.05) is 48.5 Å². The number of aromatic nitrogens is 5. The van der Waals surface area contributed by atoms with Crippen LogP contribution in [0.25, 0.3) is 27.9 Å². The van der Waals surface area contributed by atoms with Crippen LogP contribution in [0.3, 0.4) is 0 Å². The minimum absolute atomic E-state index is 0.292. The van der Waals surface area contributed by atoms with Crippen molar-refractivity contribution in [1.29, 1.82) is 0 Å². The maximum Gasteiger partial charge on any atom is 0.158 e. The fourth-order valence-corrected chi connectivity index (χ4v) is 8.57. The van der Waals surface area contributed by atoms with E-state index in [0.717, 1.165) is 71.7 Å². The van der Waals surface area contributed by atoms with Gasteiger partial charge in [0.1, 0.15) is 22.0 Å². The van der Waals surface area contributed by atoms with Gasteiger partial charge in [-0.2, -0.15) is 5.10 Å². The van der Waals surface area contributed by atoms with E-state index in [-0.39, 0.29) is 0 Å². The van der Waals surface area contributed by atoms with Gasteiger partial charge in [0.2, 0.25) is 0 Å². The zero-order chi connectivity index (χ0) is 26.3. The molecule has 7 heterocycles.